The van der Waals surface area contributed by atoms with Gasteiger partial charge in [0.1, 0.15) is 5.78 Å². The van der Waals surface area contributed by atoms with Gasteiger partial charge in [0.25, 0.3) is 0 Å². The van der Waals surface area contributed by atoms with Gasteiger partial charge in [0.05, 0.1) is 0 Å². The number of allylic oxidation sites excluding steroid dienone is 1. The molecule has 0 aliphatic rings. The molecule has 0 N–H and O–H groups in total. The maximum Gasteiger partial charge on any atom is 0.132 e. The van der Waals surface area contributed by atoms with Gasteiger partial charge in [0, 0.05) is 12.8 Å². The van der Waals surface area contributed by atoms with Crippen LogP contribution in [0.2, 0.25) is 0 Å². The van der Waals surface area contributed by atoms with Gasteiger partial charge in [-0.3, -0.25) is 4.79 Å². The molecule has 0 bridgehead atoms. The first kappa shape index (κ1) is 10.2. The predicted octanol–water partition coefficient (Wildman–Crippen LogP) is 3.52. The molecule has 0 aliphatic carbocycles. The summed E-state index contributed by atoms with van der Waals surface area (Å²) in [6, 6.07) is 2.07. The lowest BCUT2D eigenvalue weighted by molar-refractivity contribution is -0.118. The molecule has 70 valence electrons. The molecule has 13 heavy (non-hydrogen) atoms. The number of carbonyl (C=O) groups excluding carboxylic acids is 1. The van der Waals surface area contributed by atoms with Crippen LogP contribution >= 0.6 is 11.3 Å². The van der Waals surface area contributed by atoms with Crippen molar-refractivity contribution in [1.82, 2.24) is 0 Å². The molecule has 0 amide bonds. The average molecular weight is 194 g/mol. The highest BCUT2D eigenvalue weighted by Crippen LogP contribution is 2.08. The van der Waals surface area contributed by atoms with Crippen molar-refractivity contribution in [2.24, 2.45) is 0 Å². The monoisotopic (exact) mass is 194 g/mol. The molecule has 0 spiro atoms. The molecular formula is C11H14OS. The molecule has 0 aromatic carbocycles. The van der Waals surface area contributed by atoms with Gasteiger partial charge in [-0.2, -0.15) is 11.3 Å². The Morgan fingerprint density at radius 3 is 3.08 bits per heavy atom. The van der Waals surface area contributed by atoms with Gasteiger partial charge in [-0.05, 0) is 28.8 Å². The molecule has 0 saturated heterocycles. The third-order valence-corrected chi connectivity index (χ3v) is 2.54. The van der Waals surface area contributed by atoms with Gasteiger partial charge >= 0.3 is 0 Å². The summed E-state index contributed by atoms with van der Waals surface area (Å²) in [6.07, 6.45) is 6.33. The van der Waals surface area contributed by atoms with E-state index in [2.05, 4.69) is 29.0 Å². The van der Waals surface area contributed by atoms with Crippen LogP contribution in [0.4, 0.5) is 0 Å². The standard InChI is InChI=1S/C11H14OS/c1-2-11(12)6-4-3-5-10-7-8-13-9-10/h3,5,7-9H,2,4,6H2,1H3/b5-3+. The lowest BCUT2D eigenvalue weighted by Crippen LogP contribution is -1.92. The Kier molecular flexibility index (Phi) is 4.47. The van der Waals surface area contributed by atoms with E-state index in [1.54, 1.807) is 11.3 Å². The first-order valence-corrected chi connectivity index (χ1v) is 5.47. The van der Waals surface area contributed by atoms with Gasteiger partial charge in [-0.25, -0.2) is 0 Å². The Hall–Kier alpha value is -0.890. The van der Waals surface area contributed by atoms with Gasteiger partial charge in [0.2, 0.25) is 0 Å². The van der Waals surface area contributed by atoms with Crippen molar-refractivity contribution in [3.05, 3.63) is 28.5 Å². The van der Waals surface area contributed by atoms with Gasteiger partial charge in [-0.1, -0.05) is 19.1 Å². The summed E-state index contributed by atoms with van der Waals surface area (Å²) in [4.78, 5) is 10.9. The van der Waals surface area contributed by atoms with E-state index in [0.29, 0.717) is 18.6 Å². The minimum absolute atomic E-state index is 0.343. The summed E-state index contributed by atoms with van der Waals surface area (Å²) in [5.41, 5.74) is 1.23. The predicted molar refractivity (Wildman–Crippen MR) is 57.9 cm³/mol. The highest BCUT2D eigenvalue weighted by molar-refractivity contribution is 7.08. The van der Waals surface area contributed by atoms with Crippen LogP contribution in [0.15, 0.2) is 22.9 Å². The third kappa shape index (κ3) is 4.04. The van der Waals surface area contributed by atoms with Crippen LogP contribution in [0.25, 0.3) is 6.08 Å². The van der Waals surface area contributed by atoms with Crippen LogP contribution in [-0.4, -0.2) is 5.78 Å². The fraction of sp³-hybridized carbons (Fsp3) is 0.364. The maximum atomic E-state index is 10.9. The number of hydrogen-bond donors (Lipinski definition) is 0. The zero-order valence-corrected chi connectivity index (χ0v) is 8.64. The van der Waals surface area contributed by atoms with E-state index in [-0.39, 0.29) is 0 Å². The van der Waals surface area contributed by atoms with E-state index in [1.165, 1.54) is 5.56 Å². The zero-order chi connectivity index (χ0) is 9.52. The first-order chi connectivity index (χ1) is 6.33. The summed E-state index contributed by atoms with van der Waals surface area (Å²) in [5, 5.41) is 4.15. The highest BCUT2D eigenvalue weighted by Gasteiger charge is 1.94. The van der Waals surface area contributed by atoms with Crippen molar-refractivity contribution in [2.45, 2.75) is 26.2 Å². The first-order valence-electron chi connectivity index (χ1n) is 4.53. The molecule has 0 fully saturated rings. The number of Topliss-reactive ketones (excluding diaryl/α,β-unsaturated/α-hetero) is 1. The quantitative estimate of drug-likeness (QED) is 0.701. The van der Waals surface area contributed by atoms with Crippen molar-refractivity contribution in [2.75, 3.05) is 0 Å². The second-order valence-electron chi connectivity index (χ2n) is 2.89. The summed E-state index contributed by atoms with van der Waals surface area (Å²) in [7, 11) is 0. The van der Waals surface area contributed by atoms with E-state index in [1.807, 2.05) is 6.92 Å². The molecule has 1 aromatic rings. The van der Waals surface area contributed by atoms with Gasteiger partial charge in [-0.15, -0.1) is 0 Å². The Morgan fingerprint density at radius 2 is 2.46 bits per heavy atom. The largest absolute Gasteiger partial charge is 0.300 e. The number of ketones is 1. The lowest BCUT2D eigenvalue weighted by Gasteiger charge is -1.91. The maximum absolute atomic E-state index is 10.9. The molecule has 0 radical (unpaired) electrons. The van der Waals surface area contributed by atoms with Crippen LogP contribution in [0.5, 0.6) is 0 Å². The van der Waals surface area contributed by atoms with E-state index in [0.717, 1.165) is 6.42 Å². The Labute approximate surface area is 83.1 Å². The fourth-order valence-electron chi connectivity index (χ4n) is 1.01. The van der Waals surface area contributed by atoms with Crippen LogP contribution < -0.4 is 0 Å². The molecule has 1 nitrogen and oxygen atoms in total. The van der Waals surface area contributed by atoms with E-state index in [4.69, 9.17) is 0 Å². The van der Waals surface area contributed by atoms with Crippen LogP contribution in [0.1, 0.15) is 31.7 Å². The van der Waals surface area contributed by atoms with Crippen molar-refractivity contribution in [3.8, 4) is 0 Å². The number of carbonyl (C=O) groups is 1. The summed E-state index contributed by atoms with van der Waals surface area (Å²) in [6.45, 7) is 1.91. The Balaban J connectivity index is 2.23. The van der Waals surface area contributed by atoms with Crippen LogP contribution in [0, 0.1) is 0 Å². The number of hydrogen-bond acceptors (Lipinski definition) is 2. The highest BCUT2D eigenvalue weighted by atomic mass is 32.1. The van der Waals surface area contributed by atoms with Gasteiger partial charge in [0.15, 0.2) is 0 Å². The molecule has 0 aliphatic heterocycles. The van der Waals surface area contributed by atoms with E-state index < -0.39 is 0 Å². The summed E-state index contributed by atoms with van der Waals surface area (Å²) >= 11 is 1.69. The Bertz CT molecular complexity index is 272. The van der Waals surface area contributed by atoms with Crippen LogP contribution in [-0.2, 0) is 4.79 Å². The van der Waals surface area contributed by atoms with Crippen molar-refractivity contribution >= 4 is 23.2 Å². The summed E-state index contributed by atoms with van der Waals surface area (Å²) < 4.78 is 0. The fourth-order valence-corrected chi connectivity index (χ4v) is 1.64. The Morgan fingerprint density at radius 1 is 1.62 bits per heavy atom. The van der Waals surface area contributed by atoms with Crippen LogP contribution in [0.3, 0.4) is 0 Å². The topological polar surface area (TPSA) is 17.1 Å². The minimum atomic E-state index is 0.343. The lowest BCUT2D eigenvalue weighted by atomic mass is 10.1. The van der Waals surface area contributed by atoms with Crippen molar-refractivity contribution in [1.29, 1.82) is 0 Å². The minimum Gasteiger partial charge on any atom is -0.300 e. The van der Waals surface area contributed by atoms with Crippen molar-refractivity contribution in [3.63, 3.8) is 0 Å². The number of thiophene rings is 1. The molecular weight excluding hydrogens is 180 g/mol. The smallest absolute Gasteiger partial charge is 0.132 e. The van der Waals surface area contributed by atoms with E-state index in [9.17, 15) is 4.79 Å². The molecule has 0 saturated carbocycles. The van der Waals surface area contributed by atoms with Crippen molar-refractivity contribution < 1.29 is 4.79 Å². The second kappa shape index (κ2) is 5.70. The SMILES string of the molecule is CCC(=O)CC/C=C/c1ccsc1. The molecule has 0 unspecified atom stereocenters. The second-order valence-corrected chi connectivity index (χ2v) is 3.67. The molecule has 0 atom stereocenters. The normalized spacial score (nSPS) is 10.8. The van der Waals surface area contributed by atoms with E-state index >= 15 is 0 Å². The molecule has 2 heteroatoms. The molecule has 1 rings (SSSR count). The third-order valence-electron chi connectivity index (χ3n) is 1.84. The summed E-state index contributed by atoms with van der Waals surface area (Å²) in [5.74, 6) is 0.343. The average Bonchev–Trinajstić information content (AvgIpc) is 2.64. The molecule has 1 aromatic heterocycles. The van der Waals surface area contributed by atoms with Gasteiger partial charge < -0.3 is 0 Å². The zero-order valence-electron chi connectivity index (χ0n) is 7.82. The molecule has 1 heterocycles. The number of rotatable bonds is 5.